The van der Waals surface area contributed by atoms with Crippen LogP contribution in [0.2, 0.25) is 5.02 Å². The van der Waals surface area contributed by atoms with E-state index in [-0.39, 0.29) is 0 Å². The van der Waals surface area contributed by atoms with E-state index in [4.69, 9.17) is 23.1 Å². The van der Waals surface area contributed by atoms with Gasteiger partial charge in [-0.05, 0) is 29.8 Å². The highest BCUT2D eigenvalue weighted by Crippen LogP contribution is 2.19. The van der Waals surface area contributed by atoms with Crippen LogP contribution < -0.4 is 22.2 Å². The molecule has 5 heteroatoms. The molecular formula is C15H15ClN4. The van der Waals surface area contributed by atoms with Crippen molar-refractivity contribution in [3.05, 3.63) is 69.8 Å². The molecule has 4 nitrogen and oxygen atoms in total. The lowest BCUT2D eigenvalue weighted by molar-refractivity contribution is 0.339. The summed E-state index contributed by atoms with van der Waals surface area (Å²) in [5, 5.41) is 2.23. The van der Waals surface area contributed by atoms with Crippen molar-refractivity contribution in [2.75, 3.05) is 0 Å². The molecule has 0 amide bonds. The molecule has 0 fully saturated rings. The molecule has 0 radical (unpaired) electrons. The minimum Gasteiger partial charge on any atom is -0.307 e. The third kappa shape index (κ3) is 2.45. The van der Waals surface area contributed by atoms with Crippen molar-refractivity contribution in [2.45, 2.75) is 18.2 Å². The molecule has 1 heterocycles. The van der Waals surface area contributed by atoms with E-state index in [0.29, 0.717) is 11.4 Å². The third-order valence-electron chi connectivity index (χ3n) is 3.38. The summed E-state index contributed by atoms with van der Waals surface area (Å²) in [5.74, 6) is 0. The van der Waals surface area contributed by atoms with Crippen LogP contribution in [0.4, 0.5) is 0 Å². The molecule has 2 atom stereocenters. The molecule has 2 aromatic rings. The lowest BCUT2D eigenvalue weighted by Crippen LogP contribution is -2.59. The number of fused-ring (bicyclic) bond motifs is 1. The van der Waals surface area contributed by atoms with E-state index in [2.05, 4.69) is 9.98 Å². The summed E-state index contributed by atoms with van der Waals surface area (Å²) >= 11 is 6.00. The summed E-state index contributed by atoms with van der Waals surface area (Å²) in [4.78, 5) is 9.04. The Morgan fingerprint density at radius 3 is 2.60 bits per heavy atom. The molecule has 3 rings (SSSR count). The maximum Gasteiger partial charge on any atom is 0.148 e. The van der Waals surface area contributed by atoms with Gasteiger partial charge < -0.3 is 11.5 Å². The highest BCUT2D eigenvalue weighted by atomic mass is 35.5. The molecule has 0 saturated heterocycles. The van der Waals surface area contributed by atoms with Gasteiger partial charge in [0.25, 0.3) is 0 Å². The SMILES string of the molecule is NC1N=c2ccccc2=NC1(N)Cc1cccc(Cl)c1. The van der Waals surface area contributed by atoms with Crippen molar-refractivity contribution in [1.82, 2.24) is 0 Å². The standard InChI is InChI=1S/C15H15ClN4/c16-11-5-3-4-10(8-11)9-15(18)14(17)19-12-6-1-2-7-13(12)20-15/h1-8,14H,9,17-18H2. The van der Waals surface area contributed by atoms with Crippen molar-refractivity contribution in [3.63, 3.8) is 0 Å². The molecule has 2 aromatic carbocycles. The highest BCUT2D eigenvalue weighted by Gasteiger charge is 2.33. The maximum absolute atomic E-state index is 6.37. The predicted molar refractivity (Wildman–Crippen MR) is 78.8 cm³/mol. The van der Waals surface area contributed by atoms with Crippen LogP contribution in [0.15, 0.2) is 58.5 Å². The molecule has 2 unspecified atom stereocenters. The molecule has 0 bridgehead atoms. The Balaban J connectivity index is 2.02. The van der Waals surface area contributed by atoms with E-state index < -0.39 is 11.8 Å². The summed E-state index contributed by atoms with van der Waals surface area (Å²) in [6.07, 6.45) is -0.0802. The van der Waals surface area contributed by atoms with E-state index in [1.165, 1.54) is 0 Å². The second kappa shape index (κ2) is 4.98. The zero-order valence-corrected chi connectivity index (χ0v) is 11.6. The van der Waals surface area contributed by atoms with Crippen LogP contribution in [-0.2, 0) is 6.42 Å². The number of benzene rings is 2. The van der Waals surface area contributed by atoms with Crippen molar-refractivity contribution in [1.29, 1.82) is 0 Å². The molecule has 0 aliphatic carbocycles. The van der Waals surface area contributed by atoms with Crippen molar-refractivity contribution in [2.24, 2.45) is 21.5 Å². The minimum atomic E-state index is -0.945. The number of hydrogen-bond acceptors (Lipinski definition) is 4. The van der Waals surface area contributed by atoms with Crippen LogP contribution in [-0.4, -0.2) is 11.8 Å². The monoisotopic (exact) mass is 286 g/mol. The largest absolute Gasteiger partial charge is 0.307 e. The Morgan fingerprint density at radius 1 is 1.10 bits per heavy atom. The van der Waals surface area contributed by atoms with Gasteiger partial charge in [0.15, 0.2) is 0 Å². The molecule has 102 valence electrons. The fourth-order valence-corrected chi connectivity index (χ4v) is 2.55. The number of nitrogens with zero attached hydrogens (tertiary/aromatic N) is 2. The zero-order chi connectivity index (χ0) is 14.2. The van der Waals surface area contributed by atoms with Crippen LogP contribution in [0.5, 0.6) is 0 Å². The molecule has 0 aromatic heterocycles. The van der Waals surface area contributed by atoms with E-state index in [1.807, 2.05) is 48.5 Å². The van der Waals surface area contributed by atoms with Gasteiger partial charge in [-0.2, -0.15) is 0 Å². The Labute approximate surface area is 121 Å². The molecule has 1 aliphatic heterocycles. The normalized spacial score (nSPS) is 24.4. The molecule has 4 N–H and O–H groups in total. The van der Waals surface area contributed by atoms with Crippen molar-refractivity contribution < 1.29 is 0 Å². The Morgan fingerprint density at radius 2 is 1.85 bits per heavy atom. The molecule has 0 spiro atoms. The summed E-state index contributed by atoms with van der Waals surface area (Å²) < 4.78 is 0. The average molecular weight is 287 g/mol. The minimum absolute atomic E-state index is 0.493. The predicted octanol–water partition coefficient (Wildman–Crippen LogP) is 0.775. The first-order chi connectivity index (χ1) is 9.57. The van der Waals surface area contributed by atoms with Gasteiger partial charge in [0.05, 0.1) is 10.7 Å². The van der Waals surface area contributed by atoms with Gasteiger partial charge in [-0.25, -0.2) is 0 Å². The second-order valence-electron chi connectivity index (χ2n) is 4.97. The van der Waals surface area contributed by atoms with E-state index in [9.17, 15) is 0 Å². The van der Waals surface area contributed by atoms with Crippen LogP contribution in [0.25, 0.3) is 0 Å². The van der Waals surface area contributed by atoms with Crippen LogP contribution in [0.3, 0.4) is 0 Å². The Kier molecular flexibility index (Phi) is 3.30. The summed E-state index contributed by atoms with van der Waals surface area (Å²) in [5.41, 5.74) is 12.5. The summed E-state index contributed by atoms with van der Waals surface area (Å²) in [6.45, 7) is 0. The Bertz CT molecular complexity index is 758. The van der Waals surface area contributed by atoms with Gasteiger partial charge in [-0.15, -0.1) is 0 Å². The van der Waals surface area contributed by atoms with Crippen LogP contribution in [0.1, 0.15) is 5.56 Å². The number of para-hydroxylation sites is 2. The molecule has 0 saturated carbocycles. The van der Waals surface area contributed by atoms with Gasteiger partial charge >= 0.3 is 0 Å². The fourth-order valence-electron chi connectivity index (χ4n) is 2.34. The number of hydrogen-bond donors (Lipinski definition) is 2. The summed E-state index contributed by atoms with van der Waals surface area (Å²) in [6, 6.07) is 15.1. The quantitative estimate of drug-likeness (QED) is 0.856. The summed E-state index contributed by atoms with van der Waals surface area (Å²) in [7, 11) is 0. The van der Waals surface area contributed by atoms with E-state index in [0.717, 1.165) is 16.3 Å². The number of nitrogens with two attached hydrogens (primary N) is 2. The van der Waals surface area contributed by atoms with E-state index >= 15 is 0 Å². The van der Waals surface area contributed by atoms with Gasteiger partial charge in [-0.1, -0.05) is 35.9 Å². The van der Waals surface area contributed by atoms with Crippen molar-refractivity contribution >= 4 is 11.6 Å². The van der Waals surface area contributed by atoms with Gasteiger partial charge in [0, 0.05) is 11.4 Å². The zero-order valence-electron chi connectivity index (χ0n) is 10.8. The molecular weight excluding hydrogens is 272 g/mol. The van der Waals surface area contributed by atoms with Gasteiger partial charge in [0.1, 0.15) is 11.8 Å². The first kappa shape index (κ1) is 13.2. The lowest BCUT2D eigenvalue weighted by atomic mass is 9.97. The average Bonchev–Trinajstić information content (AvgIpc) is 2.40. The molecule has 1 aliphatic rings. The fraction of sp³-hybridized carbons (Fsp3) is 0.200. The third-order valence-corrected chi connectivity index (χ3v) is 3.61. The number of halogens is 1. The lowest BCUT2D eigenvalue weighted by Gasteiger charge is -2.31. The number of rotatable bonds is 2. The second-order valence-corrected chi connectivity index (χ2v) is 5.41. The first-order valence-corrected chi connectivity index (χ1v) is 6.76. The smallest absolute Gasteiger partial charge is 0.148 e. The first-order valence-electron chi connectivity index (χ1n) is 6.38. The van der Waals surface area contributed by atoms with Crippen LogP contribution in [0, 0.1) is 0 Å². The highest BCUT2D eigenvalue weighted by molar-refractivity contribution is 6.30. The van der Waals surface area contributed by atoms with Crippen LogP contribution >= 0.6 is 11.6 Å². The topological polar surface area (TPSA) is 76.8 Å². The maximum atomic E-state index is 6.37. The van der Waals surface area contributed by atoms with Crippen molar-refractivity contribution in [3.8, 4) is 0 Å². The Hall–Kier alpha value is -1.75. The van der Waals surface area contributed by atoms with Gasteiger partial charge in [-0.3, -0.25) is 9.98 Å². The van der Waals surface area contributed by atoms with E-state index in [1.54, 1.807) is 0 Å². The van der Waals surface area contributed by atoms with Gasteiger partial charge in [0.2, 0.25) is 0 Å². The molecule has 20 heavy (non-hydrogen) atoms.